The summed E-state index contributed by atoms with van der Waals surface area (Å²) < 4.78 is 5.03. The van der Waals surface area contributed by atoms with Crippen molar-refractivity contribution in [1.82, 2.24) is 0 Å². The van der Waals surface area contributed by atoms with Gasteiger partial charge in [-0.1, -0.05) is 30.3 Å². The normalized spacial score (nSPS) is 12.4. The molecule has 1 unspecified atom stereocenters. The predicted molar refractivity (Wildman–Crippen MR) is 59.5 cm³/mol. The highest BCUT2D eigenvalue weighted by Gasteiger charge is 2.10. The molecule has 1 rings (SSSR count). The van der Waals surface area contributed by atoms with Gasteiger partial charge in [0.15, 0.2) is 5.78 Å². The minimum Gasteiger partial charge on any atom is -0.374 e. The van der Waals surface area contributed by atoms with Crippen molar-refractivity contribution in [3.05, 3.63) is 35.9 Å². The summed E-state index contributed by atoms with van der Waals surface area (Å²) in [6.07, 6.45) is 0.337. The molecule has 0 heterocycles. The Morgan fingerprint density at radius 1 is 1.40 bits per heavy atom. The van der Waals surface area contributed by atoms with Crippen LogP contribution in [0.15, 0.2) is 30.3 Å². The molecule has 3 heteroatoms. The number of hydrogen-bond acceptors (Lipinski definition) is 3. The van der Waals surface area contributed by atoms with E-state index in [0.717, 1.165) is 5.56 Å². The van der Waals surface area contributed by atoms with Gasteiger partial charge in [0.1, 0.15) is 6.61 Å². The molecule has 0 spiro atoms. The lowest BCUT2D eigenvalue weighted by Crippen LogP contribution is -2.18. The van der Waals surface area contributed by atoms with Gasteiger partial charge in [-0.25, -0.2) is 0 Å². The summed E-state index contributed by atoms with van der Waals surface area (Å²) in [7, 11) is 0. The van der Waals surface area contributed by atoms with Gasteiger partial charge in [-0.3, -0.25) is 4.79 Å². The fraction of sp³-hybridized carbons (Fsp3) is 0.417. The second-order valence-corrected chi connectivity index (χ2v) is 3.40. The minimum absolute atomic E-state index is 0.0493. The van der Waals surface area contributed by atoms with E-state index in [-0.39, 0.29) is 18.4 Å². The molecule has 0 fully saturated rings. The van der Waals surface area contributed by atoms with Crippen LogP contribution in [-0.4, -0.2) is 19.0 Å². The third kappa shape index (κ3) is 4.23. The lowest BCUT2D eigenvalue weighted by atomic mass is 10.0. The quantitative estimate of drug-likeness (QED) is 0.772. The first-order valence-electron chi connectivity index (χ1n) is 5.14. The SMILES string of the molecule is CCOCC(=O)CC(N)c1ccccc1. The number of ether oxygens (including phenoxy) is 1. The monoisotopic (exact) mass is 207 g/mol. The van der Waals surface area contributed by atoms with Crippen LogP contribution in [0.2, 0.25) is 0 Å². The topological polar surface area (TPSA) is 52.3 Å². The van der Waals surface area contributed by atoms with Gasteiger partial charge in [-0.2, -0.15) is 0 Å². The summed E-state index contributed by atoms with van der Waals surface area (Å²) in [6, 6.07) is 9.40. The predicted octanol–water partition coefficient (Wildman–Crippen LogP) is 1.68. The molecule has 15 heavy (non-hydrogen) atoms. The van der Waals surface area contributed by atoms with Crippen LogP contribution >= 0.6 is 0 Å². The Morgan fingerprint density at radius 2 is 2.07 bits per heavy atom. The highest BCUT2D eigenvalue weighted by Crippen LogP contribution is 2.13. The fourth-order valence-electron chi connectivity index (χ4n) is 1.34. The summed E-state index contributed by atoms with van der Waals surface area (Å²) in [5.41, 5.74) is 6.88. The molecule has 0 amide bonds. The highest BCUT2D eigenvalue weighted by atomic mass is 16.5. The van der Waals surface area contributed by atoms with Crippen molar-refractivity contribution in [2.75, 3.05) is 13.2 Å². The summed E-state index contributed by atoms with van der Waals surface area (Å²) in [5, 5.41) is 0. The standard InChI is InChI=1S/C12H17NO2/c1-2-15-9-11(14)8-12(13)10-6-4-3-5-7-10/h3-7,12H,2,8-9,13H2,1H3. The molecule has 0 aliphatic rings. The Labute approximate surface area is 90.2 Å². The van der Waals surface area contributed by atoms with Crippen molar-refractivity contribution in [3.8, 4) is 0 Å². The van der Waals surface area contributed by atoms with Crippen LogP contribution < -0.4 is 5.73 Å². The molecule has 1 aromatic carbocycles. The van der Waals surface area contributed by atoms with E-state index in [4.69, 9.17) is 10.5 Å². The molecule has 82 valence electrons. The van der Waals surface area contributed by atoms with E-state index in [1.54, 1.807) is 0 Å². The molecular formula is C12H17NO2. The maximum atomic E-state index is 11.4. The van der Waals surface area contributed by atoms with Crippen molar-refractivity contribution in [1.29, 1.82) is 0 Å². The van der Waals surface area contributed by atoms with Crippen LogP contribution in [0.3, 0.4) is 0 Å². The molecule has 3 nitrogen and oxygen atoms in total. The molecule has 0 aromatic heterocycles. The summed E-state index contributed by atoms with van der Waals surface area (Å²) >= 11 is 0. The average molecular weight is 207 g/mol. The van der Waals surface area contributed by atoms with Gasteiger partial charge in [0, 0.05) is 19.1 Å². The van der Waals surface area contributed by atoms with E-state index in [9.17, 15) is 4.79 Å². The summed E-state index contributed by atoms with van der Waals surface area (Å²) in [5.74, 6) is 0.0493. The Bertz CT molecular complexity index is 298. The van der Waals surface area contributed by atoms with Gasteiger partial charge < -0.3 is 10.5 Å². The lowest BCUT2D eigenvalue weighted by Gasteiger charge is -2.10. The van der Waals surface area contributed by atoms with E-state index in [2.05, 4.69) is 0 Å². The number of rotatable bonds is 6. The van der Waals surface area contributed by atoms with Gasteiger partial charge in [-0.05, 0) is 12.5 Å². The number of Topliss-reactive ketones (excluding diaryl/α,β-unsaturated/α-hetero) is 1. The van der Waals surface area contributed by atoms with Crippen LogP contribution in [0.4, 0.5) is 0 Å². The van der Waals surface area contributed by atoms with Crippen molar-refractivity contribution >= 4 is 5.78 Å². The average Bonchev–Trinajstić information content (AvgIpc) is 2.27. The number of benzene rings is 1. The van der Waals surface area contributed by atoms with Gasteiger partial charge in [-0.15, -0.1) is 0 Å². The third-order valence-corrected chi connectivity index (χ3v) is 2.14. The van der Waals surface area contributed by atoms with Gasteiger partial charge in [0.25, 0.3) is 0 Å². The number of hydrogen-bond donors (Lipinski definition) is 1. The number of nitrogens with two attached hydrogens (primary N) is 1. The third-order valence-electron chi connectivity index (χ3n) is 2.14. The van der Waals surface area contributed by atoms with Crippen molar-refractivity contribution in [3.63, 3.8) is 0 Å². The number of carbonyl (C=O) groups excluding carboxylic acids is 1. The van der Waals surface area contributed by atoms with Crippen LogP contribution in [0.1, 0.15) is 24.9 Å². The molecule has 0 bridgehead atoms. The zero-order valence-electron chi connectivity index (χ0n) is 8.98. The maximum Gasteiger partial charge on any atom is 0.160 e. The zero-order valence-corrected chi connectivity index (χ0v) is 8.98. The molecule has 0 aliphatic carbocycles. The van der Waals surface area contributed by atoms with Crippen LogP contribution in [0, 0.1) is 0 Å². The van der Waals surface area contributed by atoms with E-state index < -0.39 is 0 Å². The number of ketones is 1. The van der Waals surface area contributed by atoms with Crippen molar-refractivity contribution in [2.45, 2.75) is 19.4 Å². The second kappa shape index (κ2) is 6.32. The van der Waals surface area contributed by atoms with Crippen molar-refractivity contribution < 1.29 is 9.53 Å². The molecule has 1 atom stereocenters. The van der Waals surface area contributed by atoms with Gasteiger partial charge >= 0.3 is 0 Å². The van der Waals surface area contributed by atoms with Gasteiger partial charge in [0.05, 0.1) is 0 Å². The second-order valence-electron chi connectivity index (χ2n) is 3.40. The molecule has 1 aromatic rings. The lowest BCUT2D eigenvalue weighted by molar-refractivity contribution is -0.123. The Morgan fingerprint density at radius 3 is 2.67 bits per heavy atom. The van der Waals surface area contributed by atoms with E-state index in [1.165, 1.54) is 0 Å². The fourth-order valence-corrected chi connectivity index (χ4v) is 1.34. The van der Waals surface area contributed by atoms with Crippen LogP contribution in [0.25, 0.3) is 0 Å². The molecule has 2 N–H and O–H groups in total. The summed E-state index contributed by atoms with van der Waals surface area (Å²) in [4.78, 5) is 11.4. The summed E-state index contributed by atoms with van der Waals surface area (Å²) in [6.45, 7) is 2.59. The van der Waals surface area contributed by atoms with Crippen molar-refractivity contribution in [2.24, 2.45) is 5.73 Å². The highest BCUT2D eigenvalue weighted by molar-refractivity contribution is 5.80. The van der Waals surface area contributed by atoms with Crippen LogP contribution in [-0.2, 0) is 9.53 Å². The first kappa shape index (κ1) is 11.9. The van der Waals surface area contributed by atoms with E-state index >= 15 is 0 Å². The van der Waals surface area contributed by atoms with E-state index in [1.807, 2.05) is 37.3 Å². The Hall–Kier alpha value is -1.19. The molecular weight excluding hydrogens is 190 g/mol. The Kier molecular flexibility index (Phi) is 5.01. The molecule has 0 radical (unpaired) electrons. The first-order valence-corrected chi connectivity index (χ1v) is 5.14. The number of carbonyl (C=O) groups is 1. The minimum atomic E-state index is -0.223. The van der Waals surface area contributed by atoms with Crippen LogP contribution in [0.5, 0.6) is 0 Å². The first-order chi connectivity index (χ1) is 7.24. The smallest absolute Gasteiger partial charge is 0.160 e. The molecule has 0 aliphatic heterocycles. The molecule has 0 saturated carbocycles. The zero-order chi connectivity index (χ0) is 11.1. The largest absolute Gasteiger partial charge is 0.374 e. The van der Waals surface area contributed by atoms with E-state index in [0.29, 0.717) is 13.0 Å². The Balaban J connectivity index is 2.42. The van der Waals surface area contributed by atoms with Gasteiger partial charge in [0.2, 0.25) is 0 Å². The molecule has 0 saturated heterocycles. The maximum absolute atomic E-state index is 11.4.